The Morgan fingerprint density at radius 2 is 1.85 bits per heavy atom. The van der Waals surface area contributed by atoms with Gasteiger partial charge in [-0.25, -0.2) is 0 Å². The van der Waals surface area contributed by atoms with Gasteiger partial charge >= 0.3 is 0 Å². The number of carbonyl (C=O) groups excluding carboxylic acids is 1. The summed E-state index contributed by atoms with van der Waals surface area (Å²) in [5.74, 6) is 2.32. The maximum absolute atomic E-state index is 12.7. The van der Waals surface area contributed by atoms with E-state index in [4.69, 9.17) is 4.74 Å². The molecule has 0 spiro atoms. The Morgan fingerprint density at radius 3 is 2.52 bits per heavy atom. The fraction of sp³-hybridized carbons (Fsp3) is 0.750. The predicted molar refractivity (Wildman–Crippen MR) is 105 cm³/mol. The number of rotatable bonds is 5. The highest BCUT2D eigenvalue weighted by molar-refractivity contribution is 5.79. The van der Waals surface area contributed by atoms with Gasteiger partial charge < -0.3 is 19.9 Å². The zero-order valence-electron chi connectivity index (χ0n) is 16.1. The summed E-state index contributed by atoms with van der Waals surface area (Å²) in [6, 6.07) is 4.00. The van der Waals surface area contributed by atoms with Crippen LogP contribution in [0.25, 0.3) is 0 Å². The molecule has 2 saturated heterocycles. The van der Waals surface area contributed by atoms with Crippen molar-refractivity contribution < 1.29 is 9.53 Å². The molecule has 4 rings (SSSR count). The summed E-state index contributed by atoms with van der Waals surface area (Å²) in [6.45, 7) is 4.89. The van der Waals surface area contributed by atoms with Gasteiger partial charge in [0.05, 0.1) is 6.10 Å². The van der Waals surface area contributed by atoms with Gasteiger partial charge in [0.15, 0.2) is 5.82 Å². The smallest absolute Gasteiger partial charge is 0.225 e. The fourth-order valence-electron chi connectivity index (χ4n) is 4.38. The van der Waals surface area contributed by atoms with E-state index in [2.05, 4.69) is 25.3 Å². The molecule has 7 nitrogen and oxygen atoms in total. The molecule has 0 radical (unpaired) electrons. The zero-order chi connectivity index (χ0) is 18.5. The Balaban J connectivity index is 1.24. The number of aromatic nitrogens is 2. The number of amides is 1. The molecule has 1 aliphatic carbocycles. The second kappa shape index (κ2) is 8.87. The van der Waals surface area contributed by atoms with E-state index >= 15 is 0 Å². The minimum atomic E-state index is 0.263. The summed E-state index contributed by atoms with van der Waals surface area (Å²) in [7, 11) is 0. The van der Waals surface area contributed by atoms with Crippen LogP contribution < -0.4 is 10.2 Å². The molecular weight excluding hydrogens is 342 g/mol. The molecule has 0 aromatic carbocycles. The van der Waals surface area contributed by atoms with Crippen LogP contribution in [0, 0.1) is 5.92 Å². The monoisotopic (exact) mass is 373 g/mol. The largest absolute Gasteiger partial charge is 0.376 e. The van der Waals surface area contributed by atoms with Gasteiger partial charge in [0.1, 0.15) is 5.82 Å². The van der Waals surface area contributed by atoms with Crippen molar-refractivity contribution in [2.75, 3.05) is 49.5 Å². The third kappa shape index (κ3) is 4.69. The number of carbonyl (C=O) groups is 1. The van der Waals surface area contributed by atoms with Crippen LogP contribution in [0.3, 0.4) is 0 Å². The van der Waals surface area contributed by atoms with Crippen molar-refractivity contribution in [3.05, 3.63) is 12.1 Å². The van der Waals surface area contributed by atoms with Gasteiger partial charge in [-0.3, -0.25) is 4.79 Å². The number of ether oxygens (including phenoxy) is 1. The lowest BCUT2D eigenvalue weighted by molar-refractivity contribution is -0.136. The topological polar surface area (TPSA) is 70.6 Å². The van der Waals surface area contributed by atoms with Gasteiger partial charge in [0.25, 0.3) is 0 Å². The lowest BCUT2D eigenvalue weighted by Gasteiger charge is -2.37. The van der Waals surface area contributed by atoms with Crippen molar-refractivity contribution in [2.45, 2.75) is 51.0 Å². The SMILES string of the molecule is O=C(C1CCCCC1)N1CCN(c2ccc(NCC3CCCO3)nn2)CC1. The average molecular weight is 374 g/mol. The number of hydrogen-bond donors (Lipinski definition) is 1. The zero-order valence-corrected chi connectivity index (χ0v) is 16.1. The van der Waals surface area contributed by atoms with E-state index in [1.165, 1.54) is 19.3 Å². The van der Waals surface area contributed by atoms with Crippen LogP contribution in [0.15, 0.2) is 12.1 Å². The van der Waals surface area contributed by atoms with Crippen LogP contribution in [0.4, 0.5) is 11.6 Å². The Labute approximate surface area is 161 Å². The predicted octanol–water partition coefficient (Wildman–Crippen LogP) is 2.30. The minimum absolute atomic E-state index is 0.263. The summed E-state index contributed by atoms with van der Waals surface area (Å²) in [4.78, 5) is 17.0. The van der Waals surface area contributed by atoms with Crippen LogP contribution >= 0.6 is 0 Å². The van der Waals surface area contributed by atoms with Crippen molar-refractivity contribution in [3.63, 3.8) is 0 Å². The van der Waals surface area contributed by atoms with Crippen LogP contribution in [-0.2, 0) is 9.53 Å². The first kappa shape index (κ1) is 18.5. The molecule has 1 N–H and O–H groups in total. The van der Waals surface area contributed by atoms with E-state index in [1.807, 2.05) is 12.1 Å². The summed E-state index contributed by atoms with van der Waals surface area (Å²) in [6.07, 6.45) is 8.40. The lowest BCUT2D eigenvalue weighted by Crippen LogP contribution is -2.50. The molecule has 1 aromatic rings. The second-order valence-corrected chi connectivity index (χ2v) is 7.94. The van der Waals surface area contributed by atoms with Gasteiger partial charge in [-0.2, -0.15) is 0 Å². The normalized spacial score (nSPS) is 24.2. The van der Waals surface area contributed by atoms with E-state index in [0.29, 0.717) is 12.0 Å². The Kier molecular flexibility index (Phi) is 6.07. The number of nitrogens with zero attached hydrogens (tertiary/aromatic N) is 4. The summed E-state index contributed by atoms with van der Waals surface area (Å²) in [5.41, 5.74) is 0. The molecule has 1 amide bonds. The van der Waals surface area contributed by atoms with Crippen LogP contribution in [0.2, 0.25) is 0 Å². The molecule has 27 heavy (non-hydrogen) atoms. The molecule has 7 heteroatoms. The molecule has 1 aromatic heterocycles. The van der Waals surface area contributed by atoms with Crippen molar-refractivity contribution in [1.82, 2.24) is 15.1 Å². The Bertz CT molecular complexity index is 603. The van der Waals surface area contributed by atoms with Crippen LogP contribution in [-0.4, -0.2) is 66.4 Å². The molecule has 3 fully saturated rings. The number of hydrogen-bond acceptors (Lipinski definition) is 6. The maximum Gasteiger partial charge on any atom is 0.225 e. The Morgan fingerprint density at radius 1 is 1.04 bits per heavy atom. The quantitative estimate of drug-likeness (QED) is 0.854. The van der Waals surface area contributed by atoms with E-state index < -0.39 is 0 Å². The maximum atomic E-state index is 12.7. The van der Waals surface area contributed by atoms with E-state index in [1.54, 1.807) is 0 Å². The van der Waals surface area contributed by atoms with Crippen molar-refractivity contribution >= 4 is 17.5 Å². The van der Waals surface area contributed by atoms with E-state index in [0.717, 1.165) is 76.6 Å². The van der Waals surface area contributed by atoms with E-state index in [-0.39, 0.29) is 5.92 Å². The van der Waals surface area contributed by atoms with Crippen LogP contribution in [0.5, 0.6) is 0 Å². The van der Waals surface area contributed by atoms with Crippen molar-refractivity contribution in [3.8, 4) is 0 Å². The number of anilines is 2. The lowest BCUT2D eigenvalue weighted by atomic mass is 9.88. The summed E-state index contributed by atoms with van der Waals surface area (Å²) >= 11 is 0. The second-order valence-electron chi connectivity index (χ2n) is 7.94. The highest BCUT2D eigenvalue weighted by atomic mass is 16.5. The first-order valence-corrected chi connectivity index (χ1v) is 10.5. The highest BCUT2D eigenvalue weighted by Crippen LogP contribution is 2.26. The minimum Gasteiger partial charge on any atom is -0.376 e. The molecule has 0 bridgehead atoms. The fourth-order valence-corrected chi connectivity index (χ4v) is 4.38. The molecule has 1 unspecified atom stereocenters. The van der Waals surface area contributed by atoms with Gasteiger partial charge in [-0.1, -0.05) is 19.3 Å². The van der Waals surface area contributed by atoms with Crippen molar-refractivity contribution in [2.24, 2.45) is 5.92 Å². The molecular formula is C20H31N5O2. The summed E-state index contributed by atoms with van der Waals surface area (Å²) < 4.78 is 5.62. The number of nitrogens with one attached hydrogen (secondary N) is 1. The van der Waals surface area contributed by atoms with Gasteiger partial charge in [-0.05, 0) is 37.8 Å². The standard InChI is InChI=1S/C20H31N5O2/c26-20(16-5-2-1-3-6-16)25-12-10-24(11-13-25)19-9-8-18(22-23-19)21-15-17-7-4-14-27-17/h8-9,16-17H,1-7,10-15H2,(H,21,22). The third-order valence-corrected chi connectivity index (χ3v) is 6.06. The third-order valence-electron chi connectivity index (χ3n) is 6.06. The molecule has 1 saturated carbocycles. The summed E-state index contributed by atoms with van der Waals surface area (Å²) in [5, 5.41) is 12.0. The van der Waals surface area contributed by atoms with Crippen molar-refractivity contribution in [1.29, 1.82) is 0 Å². The van der Waals surface area contributed by atoms with Gasteiger partial charge in [0, 0.05) is 45.2 Å². The molecule has 148 valence electrons. The Hall–Kier alpha value is -1.89. The van der Waals surface area contributed by atoms with Gasteiger partial charge in [0.2, 0.25) is 5.91 Å². The van der Waals surface area contributed by atoms with Crippen LogP contribution in [0.1, 0.15) is 44.9 Å². The van der Waals surface area contributed by atoms with E-state index in [9.17, 15) is 4.79 Å². The van der Waals surface area contributed by atoms with Gasteiger partial charge in [-0.15, -0.1) is 10.2 Å². The molecule has 3 heterocycles. The average Bonchev–Trinajstić information content (AvgIpc) is 3.27. The number of piperazine rings is 1. The highest BCUT2D eigenvalue weighted by Gasteiger charge is 2.28. The molecule has 3 aliphatic rings. The first-order chi connectivity index (χ1) is 13.3. The molecule has 2 aliphatic heterocycles. The molecule has 1 atom stereocenters. The first-order valence-electron chi connectivity index (χ1n) is 10.5.